The normalized spacial score (nSPS) is 10.4. The average molecular weight is 381 g/mol. The highest BCUT2D eigenvalue weighted by molar-refractivity contribution is 14.1. The predicted octanol–water partition coefficient (Wildman–Crippen LogP) is 3.76. The fraction of sp³-hybridized carbons (Fsp3) is 0. The molecular formula is C9H6BrIN2S. The van der Waals surface area contributed by atoms with Gasteiger partial charge in [-0.1, -0.05) is 45.5 Å². The van der Waals surface area contributed by atoms with Crippen LogP contribution in [0.2, 0.25) is 0 Å². The standard InChI is InChI=1S/C9H6BrIN2S/c10-6-4-2-1-3-5(6)7-8(11)14-9(12)13-7/h1-4H,(H2,12,13). The molecule has 2 aromatic rings. The Morgan fingerprint density at radius 1 is 1.36 bits per heavy atom. The van der Waals surface area contributed by atoms with E-state index in [1.165, 1.54) is 11.3 Å². The molecule has 0 saturated carbocycles. The second-order valence-electron chi connectivity index (χ2n) is 2.65. The summed E-state index contributed by atoms with van der Waals surface area (Å²) >= 11 is 7.26. The number of hydrogen-bond acceptors (Lipinski definition) is 3. The third-order valence-corrected chi connectivity index (χ3v) is 4.27. The summed E-state index contributed by atoms with van der Waals surface area (Å²) in [5.41, 5.74) is 7.70. The molecule has 2 nitrogen and oxygen atoms in total. The monoisotopic (exact) mass is 380 g/mol. The Hall–Kier alpha value is -0.140. The van der Waals surface area contributed by atoms with E-state index in [1.54, 1.807) is 0 Å². The maximum absolute atomic E-state index is 5.65. The van der Waals surface area contributed by atoms with Gasteiger partial charge in [-0.15, -0.1) is 0 Å². The van der Waals surface area contributed by atoms with Crippen LogP contribution >= 0.6 is 49.9 Å². The maximum Gasteiger partial charge on any atom is 0.181 e. The molecule has 1 aromatic heterocycles. The summed E-state index contributed by atoms with van der Waals surface area (Å²) in [7, 11) is 0. The first kappa shape index (κ1) is 10.4. The second kappa shape index (κ2) is 4.16. The van der Waals surface area contributed by atoms with E-state index in [0.29, 0.717) is 5.13 Å². The number of benzene rings is 1. The molecule has 0 aliphatic rings. The lowest BCUT2D eigenvalue weighted by molar-refractivity contribution is 1.39. The predicted molar refractivity (Wildman–Crippen MR) is 72.4 cm³/mol. The molecule has 72 valence electrons. The largest absolute Gasteiger partial charge is 0.375 e. The van der Waals surface area contributed by atoms with Crippen molar-refractivity contribution in [3.05, 3.63) is 31.6 Å². The molecule has 0 amide bonds. The first-order valence-electron chi connectivity index (χ1n) is 3.85. The van der Waals surface area contributed by atoms with Gasteiger partial charge < -0.3 is 5.73 Å². The number of aromatic nitrogens is 1. The molecular weight excluding hydrogens is 375 g/mol. The van der Waals surface area contributed by atoms with E-state index in [0.717, 1.165) is 18.6 Å². The molecule has 5 heteroatoms. The Balaban J connectivity index is 2.60. The van der Waals surface area contributed by atoms with E-state index in [1.807, 2.05) is 24.3 Å². The minimum atomic E-state index is 0.611. The molecule has 1 heterocycles. The first-order chi connectivity index (χ1) is 6.68. The number of nitrogens with zero attached hydrogens (tertiary/aromatic N) is 1. The molecule has 0 aliphatic heterocycles. The summed E-state index contributed by atoms with van der Waals surface area (Å²) in [4.78, 5) is 4.30. The van der Waals surface area contributed by atoms with E-state index < -0.39 is 0 Å². The molecule has 0 aliphatic carbocycles. The van der Waals surface area contributed by atoms with Gasteiger partial charge in [-0.25, -0.2) is 4.98 Å². The van der Waals surface area contributed by atoms with Gasteiger partial charge in [-0.3, -0.25) is 0 Å². The van der Waals surface area contributed by atoms with Crippen LogP contribution in [-0.4, -0.2) is 4.98 Å². The van der Waals surface area contributed by atoms with Crippen LogP contribution in [0.3, 0.4) is 0 Å². The molecule has 2 N–H and O–H groups in total. The number of thiazole rings is 1. The molecule has 0 spiro atoms. The number of nitrogen functional groups attached to an aromatic ring is 1. The second-order valence-corrected chi connectivity index (χ2v) is 6.35. The van der Waals surface area contributed by atoms with Crippen LogP contribution in [-0.2, 0) is 0 Å². The molecule has 0 saturated heterocycles. The van der Waals surface area contributed by atoms with Gasteiger partial charge in [0.2, 0.25) is 0 Å². The quantitative estimate of drug-likeness (QED) is 0.765. The number of anilines is 1. The molecule has 0 fully saturated rings. The molecule has 14 heavy (non-hydrogen) atoms. The molecule has 1 aromatic carbocycles. The van der Waals surface area contributed by atoms with Gasteiger partial charge in [0, 0.05) is 10.0 Å². The first-order valence-corrected chi connectivity index (χ1v) is 6.54. The summed E-state index contributed by atoms with van der Waals surface area (Å²) in [5.74, 6) is 0. The van der Waals surface area contributed by atoms with Crippen molar-refractivity contribution in [1.82, 2.24) is 4.98 Å². The van der Waals surface area contributed by atoms with Crippen LogP contribution < -0.4 is 5.73 Å². The van der Waals surface area contributed by atoms with Gasteiger partial charge in [0.15, 0.2) is 5.13 Å². The number of hydrogen-bond donors (Lipinski definition) is 1. The Morgan fingerprint density at radius 3 is 2.64 bits per heavy atom. The smallest absolute Gasteiger partial charge is 0.181 e. The van der Waals surface area contributed by atoms with E-state index in [2.05, 4.69) is 43.5 Å². The van der Waals surface area contributed by atoms with Crippen molar-refractivity contribution < 1.29 is 0 Å². The zero-order chi connectivity index (χ0) is 10.1. The van der Waals surface area contributed by atoms with E-state index in [4.69, 9.17) is 5.73 Å². The molecule has 0 atom stereocenters. The number of halogens is 2. The molecule has 0 bridgehead atoms. The summed E-state index contributed by atoms with van der Waals surface area (Å²) in [6.45, 7) is 0. The van der Waals surface area contributed by atoms with Crippen LogP contribution in [0.4, 0.5) is 5.13 Å². The lowest BCUT2D eigenvalue weighted by atomic mass is 10.2. The SMILES string of the molecule is Nc1nc(-c2ccccc2Br)c(I)s1. The molecule has 0 radical (unpaired) electrons. The molecule has 0 unspecified atom stereocenters. The topological polar surface area (TPSA) is 38.9 Å². The van der Waals surface area contributed by atoms with Crippen molar-refractivity contribution in [3.63, 3.8) is 0 Å². The van der Waals surface area contributed by atoms with Crippen molar-refractivity contribution in [1.29, 1.82) is 0 Å². The highest BCUT2D eigenvalue weighted by atomic mass is 127. The average Bonchev–Trinajstić information content (AvgIpc) is 2.46. The third kappa shape index (κ3) is 1.94. The number of nitrogens with two attached hydrogens (primary N) is 1. The van der Waals surface area contributed by atoms with Gasteiger partial charge in [-0.2, -0.15) is 0 Å². The maximum atomic E-state index is 5.65. The van der Waals surface area contributed by atoms with Gasteiger partial charge >= 0.3 is 0 Å². The van der Waals surface area contributed by atoms with Gasteiger partial charge in [0.05, 0.1) is 8.58 Å². The van der Waals surface area contributed by atoms with E-state index >= 15 is 0 Å². The highest BCUT2D eigenvalue weighted by Gasteiger charge is 2.11. The summed E-state index contributed by atoms with van der Waals surface area (Å²) < 4.78 is 2.16. The van der Waals surface area contributed by atoms with Crippen LogP contribution in [0, 0.1) is 2.88 Å². The van der Waals surface area contributed by atoms with Crippen molar-refractivity contribution in [2.75, 3.05) is 5.73 Å². The highest BCUT2D eigenvalue weighted by Crippen LogP contribution is 2.34. The summed E-state index contributed by atoms with van der Waals surface area (Å²) in [5, 5.41) is 0.611. The lowest BCUT2D eigenvalue weighted by Crippen LogP contribution is -1.84. The van der Waals surface area contributed by atoms with E-state index in [-0.39, 0.29) is 0 Å². The van der Waals surface area contributed by atoms with Crippen molar-refractivity contribution in [2.45, 2.75) is 0 Å². The van der Waals surface area contributed by atoms with Crippen molar-refractivity contribution in [3.8, 4) is 11.3 Å². The Labute approximate surface area is 108 Å². The summed E-state index contributed by atoms with van der Waals surface area (Å²) in [6, 6.07) is 8.00. The minimum Gasteiger partial charge on any atom is -0.375 e. The number of rotatable bonds is 1. The molecule has 2 rings (SSSR count). The minimum absolute atomic E-state index is 0.611. The fourth-order valence-corrected chi connectivity index (χ4v) is 3.27. The zero-order valence-corrected chi connectivity index (χ0v) is 11.6. The van der Waals surface area contributed by atoms with Gasteiger partial charge in [0.1, 0.15) is 0 Å². The van der Waals surface area contributed by atoms with Gasteiger partial charge in [0.25, 0.3) is 0 Å². The van der Waals surface area contributed by atoms with Crippen LogP contribution in [0.1, 0.15) is 0 Å². The Kier molecular flexibility index (Phi) is 3.08. The summed E-state index contributed by atoms with van der Waals surface area (Å²) in [6.07, 6.45) is 0. The van der Waals surface area contributed by atoms with Crippen LogP contribution in [0.25, 0.3) is 11.3 Å². The van der Waals surface area contributed by atoms with Crippen molar-refractivity contribution in [2.24, 2.45) is 0 Å². The fourth-order valence-electron chi connectivity index (χ4n) is 1.14. The van der Waals surface area contributed by atoms with E-state index in [9.17, 15) is 0 Å². The Bertz CT molecular complexity index is 470. The van der Waals surface area contributed by atoms with Crippen LogP contribution in [0.5, 0.6) is 0 Å². The van der Waals surface area contributed by atoms with Crippen molar-refractivity contribution >= 4 is 55.0 Å². The third-order valence-electron chi connectivity index (χ3n) is 1.73. The Morgan fingerprint density at radius 2 is 2.07 bits per heavy atom. The lowest BCUT2D eigenvalue weighted by Gasteiger charge is -2.00. The van der Waals surface area contributed by atoms with Gasteiger partial charge in [-0.05, 0) is 28.7 Å². The zero-order valence-electron chi connectivity index (χ0n) is 7.00. The van der Waals surface area contributed by atoms with Crippen LogP contribution in [0.15, 0.2) is 28.7 Å².